The maximum absolute atomic E-state index is 10.2. The fraction of sp³-hybridized carbons (Fsp3) is 0.308. The molecule has 3 rings (SSSR count). The summed E-state index contributed by atoms with van der Waals surface area (Å²) in [6, 6.07) is 15.3. The molecule has 0 amide bonds. The van der Waals surface area contributed by atoms with Gasteiger partial charge in [0.2, 0.25) is 0 Å². The number of phenolic OH excluding ortho intramolecular Hbond substituents is 3. The van der Waals surface area contributed by atoms with Gasteiger partial charge in [-0.15, -0.1) is 0 Å². The number of aryl methyl sites for hydroxylation is 4. The molecule has 0 unspecified atom stereocenters. The summed E-state index contributed by atoms with van der Waals surface area (Å²) >= 11 is 0. The summed E-state index contributed by atoms with van der Waals surface area (Å²) in [7, 11) is 0. The van der Waals surface area contributed by atoms with Crippen LogP contribution in [0.15, 0.2) is 48.5 Å². The van der Waals surface area contributed by atoms with Crippen molar-refractivity contribution in [2.75, 3.05) is 0 Å². The van der Waals surface area contributed by atoms with Gasteiger partial charge >= 0.3 is 0 Å². The minimum atomic E-state index is -0.514. The molecule has 0 bridgehead atoms. The third-order valence-electron chi connectivity index (χ3n) is 5.62. The van der Waals surface area contributed by atoms with Crippen molar-refractivity contribution in [3.8, 4) is 17.2 Å². The molecule has 29 heavy (non-hydrogen) atoms. The zero-order valence-corrected chi connectivity index (χ0v) is 18.5. The number of hydrogen-bond donors (Lipinski definition) is 3. The number of benzene rings is 3. The van der Waals surface area contributed by atoms with Crippen molar-refractivity contribution in [1.29, 1.82) is 0 Å². The molecule has 0 aromatic heterocycles. The van der Waals surface area contributed by atoms with Gasteiger partial charge in [-0.25, -0.2) is 0 Å². The molecule has 0 fully saturated rings. The van der Waals surface area contributed by atoms with E-state index in [1.807, 2.05) is 77.9 Å². The maximum atomic E-state index is 10.2. The molecule has 0 spiro atoms. The summed E-state index contributed by atoms with van der Waals surface area (Å²) in [4.78, 5) is 0. The van der Waals surface area contributed by atoms with Gasteiger partial charge in [0.05, 0.1) is 0 Å². The quantitative estimate of drug-likeness (QED) is 0.451. The fourth-order valence-electron chi connectivity index (χ4n) is 3.68. The first-order chi connectivity index (χ1) is 13.6. The second-order valence-electron chi connectivity index (χ2n) is 7.59. The topological polar surface area (TPSA) is 60.7 Å². The van der Waals surface area contributed by atoms with E-state index in [0.717, 1.165) is 38.9 Å². The summed E-state index contributed by atoms with van der Waals surface area (Å²) in [6.07, 6.45) is 0. The number of phenols is 3. The third kappa shape index (κ3) is 4.09. The van der Waals surface area contributed by atoms with Crippen LogP contribution < -0.4 is 0 Å². The number of rotatable bonds is 3. The van der Waals surface area contributed by atoms with Crippen LogP contribution in [0.2, 0.25) is 0 Å². The molecular formula is C26H32O3. The lowest BCUT2D eigenvalue weighted by atomic mass is 9.70. The number of hydrogen-bond acceptors (Lipinski definition) is 3. The van der Waals surface area contributed by atoms with E-state index in [1.54, 1.807) is 12.1 Å². The van der Waals surface area contributed by atoms with E-state index in [-0.39, 0.29) is 11.5 Å². The van der Waals surface area contributed by atoms with Crippen LogP contribution >= 0.6 is 0 Å². The summed E-state index contributed by atoms with van der Waals surface area (Å²) < 4.78 is 0. The molecule has 3 heteroatoms. The Balaban J connectivity index is 0.00000145. The summed E-state index contributed by atoms with van der Waals surface area (Å²) in [5.41, 5.74) is 5.86. The largest absolute Gasteiger partial charge is 0.508 e. The van der Waals surface area contributed by atoms with Crippen LogP contribution in [0, 0.1) is 27.7 Å². The molecule has 0 saturated heterocycles. The van der Waals surface area contributed by atoms with E-state index in [9.17, 15) is 15.3 Å². The maximum Gasteiger partial charge on any atom is 0.121 e. The van der Waals surface area contributed by atoms with Crippen molar-refractivity contribution in [3.63, 3.8) is 0 Å². The second-order valence-corrected chi connectivity index (χ2v) is 7.59. The smallest absolute Gasteiger partial charge is 0.121 e. The molecule has 0 heterocycles. The van der Waals surface area contributed by atoms with Crippen LogP contribution in [0.4, 0.5) is 0 Å². The first-order valence-corrected chi connectivity index (χ1v) is 10.1. The highest BCUT2D eigenvalue weighted by Crippen LogP contribution is 2.43. The zero-order chi connectivity index (χ0) is 21.9. The third-order valence-corrected chi connectivity index (χ3v) is 5.62. The van der Waals surface area contributed by atoms with Crippen molar-refractivity contribution < 1.29 is 15.3 Å². The van der Waals surface area contributed by atoms with Crippen LogP contribution in [-0.2, 0) is 5.41 Å². The molecule has 3 aromatic rings. The lowest BCUT2D eigenvalue weighted by molar-refractivity contribution is 0.466. The predicted octanol–water partition coefficient (Wildman–Crippen LogP) is 6.42. The number of aromatic hydroxyl groups is 3. The standard InChI is InChI=1S/C24H26O3.C2H6/c1-14-10-18(6-8-21(14)25)24(5,19-7-9-22(26)15(2)11-19)20-12-16(3)23(27)17(4)13-20;1-2/h6-13,25-27H,1-5H3;1-2H3. The molecule has 0 aliphatic carbocycles. The summed E-state index contributed by atoms with van der Waals surface area (Å²) in [5.74, 6) is 0.840. The van der Waals surface area contributed by atoms with E-state index >= 15 is 0 Å². The lowest BCUT2D eigenvalue weighted by Crippen LogP contribution is -2.26. The van der Waals surface area contributed by atoms with E-state index in [1.165, 1.54) is 0 Å². The Bertz CT molecular complexity index is 944. The Morgan fingerprint density at radius 1 is 0.552 bits per heavy atom. The van der Waals surface area contributed by atoms with Gasteiger partial charge in [0.1, 0.15) is 17.2 Å². The Hall–Kier alpha value is -2.94. The van der Waals surface area contributed by atoms with Gasteiger partial charge in [-0.2, -0.15) is 0 Å². The normalized spacial score (nSPS) is 11.0. The van der Waals surface area contributed by atoms with Crippen LogP contribution in [0.25, 0.3) is 0 Å². The van der Waals surface area contributed by atoms with Gasteiger partial charge in [-0.1, -0.05) is 50.2 Å². The molecule has 3 nitrogen and oxygen atoms in total. The molecular weight excluding hydrogens is 360 g/mol. The van der Waals surface area contributed by atoms with E-state index in [4.69, 9.17) is 0 Å². The fourth-order valence-corrected chi connectivity index (χ4v) is 3.68. The van der Waals surface area contributed by atoms with Gasteiger partial charge in [0.25, 0.3) is 0 Å². The van der Waals surface area contributed by atoms with Gasteiger partial charge in [-0.05, 0) is 85.7 Å². The zero-order valence-electron chi connectivity index (χ0n) is 18.5. The van der Waals surface area contributed by atoms with Crippen LogP contribution in [-0.4, -0.2) is 15.3 Å². The highest BCUT2D eigenvalue weighted by atomic mass is 16.3. The Kier molecular flexibility index (Phi) is 6.63. The first kappa shape index (κ1) is 22.4. The SMILES string of the molecule is CC.Cc1cc(C(C)(c2ccc(O)c(C)c2)c2cc(C)c(O)c(C)c2)ccc1O. The van der Waals surface area contributed by atoms with Crippen molar-refractivity contribution in [3.05, 3.63) is 87.5 Å². The van der Waals surface area contributed by atoms with Gasteiger partial charge in [0.15, 0.2) is 0 Å². The first-order valence-electron chi connectivity index (χ1n) is 10.1. The monoisotopic (exact) mass is 392 g/mol. The van der Waals surface area contributed by atoms with Crippen LogP contribution in [0.3, 0.4) is 0 Å². The van der Waals surface area contributed by atoms with Crippen molar-refractivity contribution >= 4 is 0 Å². The second kappa shape index (κ2) is 8.60. The lowest BCUT2D eigenvalue weighted by Gasteiger charge is -2.33. The summed E-state index contributed by atoms with van der Waals surface area (Å²) in [5, 5.41) is 30.2. The summed E-state index contributed by atoms with van der Waals surface area (Å²) in [6.45, 7) is 13.7. The van der Waals surface area contributed by atoms with E-state index in [0.29, 0.717) is 5.75 Å². The Labute approximate surface area is 174 Å². The van der Waals surface area contributed by atoms with Gasteiger partial charge < -0.3 is 15.3 Å². The van der Waals surface area contributed by atoms with Crippen molar-refractivity contribution in [2.24, 2.45) is 0 Å². The van der Waals surface area contributed by atoms with Crippen molar-refractivity contribution in [1.82, 2.24) is 0 Å². The minimum absolute atomic E-state index is 0.265. The highest BCUT2D eigenvalue weighted by Gasteiger charge is 2.33. The van der Waals surface area contributed by atoms with E-state index in [2.05, 4.69) is 6.92 Å². The van der Waals surface area contributed by atoms with Crippen molar-refractivity contribution in [2.45, 2.75) is 53.9 Å². The molecule has 154 valence electrons. The molecule has 0 aliphatic heterocycles. The molecule has 3 N–H and O–H groups in total. The average Bonchev–Trinajstić information content (AvgIpc) is 2.70. The molecule has 3 aromatic carbocycles. The van der Waals surface area contributed by atoms with E-state index < -0.39 is 5.41 Å². The van der Waals surface area contributed by atoms with Gasteiger partial charge in [-0.3, -0.25) is 0 Å². The molecule has 0 aliphatic rings. The van der Waals surface area contributed by atoms with Crippen LogP contribution in [0.5, 0.6) is 17.2 Å². The van der Waals surface area contributed by atoms with Crippen LogP contribution in [0.1, 0.15) is 59.7 Å². The predicted molar refractivity (Wildman–Crippen MR) is 120 cm³/mol. The Morgan fingerprint density at radius 3 is 1.24 bits per heavy atom. The molecule has 0 radical (unpaired) electrons. The highest BCUT2D eigenvalue weighted by molar-refractivity contribution is 5.56. The van der Waals surface area contributed by atoms with Gasteiger partial charge in [0, 0.05) is 5.41 Å². The average molecular weight is 393 g/mol. The molecule has 0 saturated carbocycles. The Morgan fingerprint density at radius 2 is 0.897 bits per heavy atom. The minimum Gasteiger partial charge on any atom is -0.508 e. The molecule has 0 atom stereocenters.